The summed E-state index contributed by atoms with van der Waals surface area (Å²) >= 11 is 1.46. The molecule has 2 heterocycles. The predicted octanol–water partition coefficient (Wildman–Crippen LogP) is 6.14. The third kappa shape index (κ3) is 4.51. The van der Waals surface area contributed by atoms with Crippen molar-refractivity contribution in [3.63, 3.8) is 0 Å². The van der Waals surface area contributed by atoms with Crippen molar-refractivity contribution in [3.05, 3.63) is 85.9 Å². The molecule has 1 aliphatic rings. The van der Waals surface area contributed by atoms with E-state index in [9.17, 15) is 14.4 Å². The van der Waals surface area contributed by atoms with Crippen molar-refractivity contribution in [2.45, 2.75) is 39.5 Å². The molecule has 1 amide bonds. The molecule has 0 radical (unpaired) electrons. The highest BCUT2D eigenvalue weighted by atomic mass is 32.1. The second kappa shape index (κ2) is 9.50. The number of aryl methyl sites for hydroxylation is 2. The molecular weight excluding hydrogens is 462 g/mol. The van der Waals surface area contributed by atoms with Gasteiger partial charge < -0.3 is 14.5 Å². The highest BCUT2D eigenvalue weighted by Gasteiger charge is 2.27. The molecule has 4 aromatic rings. The Balaban J connectivity index is 1.41. The molecule has 0 saturated carbocycles. The highest BCUT2D eigenvalue weighted by molar-refractivity contribution is 7.17. The van der Waals surface area contributed by atoms with Crippen LogP contribution in [0, 0.1) is 6.92 Å². The van der Waals surface area contributed by atoms with E-state index in [4.69, 9.17) is 9.15 Å². The van der Waals surface area contributed by atoms with E-state index in [1.54, 1.807) is 37.3 Å². The quantitative estimate of drug-likeness (QED) is 0.342. The topological polar surface area (TPSA) is 85.6 Å². The summed E-state index contributed by atoms with van der Waals surface area (Å²) in [6.07, 6.45) is 3.83. The summed E-state index contributed by atoms with van der Waals surface area (Å²) < 4.78 is 11.2. The molecule has 2 aromatic carbocycles. The van der Waals surface area contributed by atoms with Gasteiger partial charge in [0.25, 0.3) is 5.91 Å². The zero-order valence-electron chi connectivity index (χ0n) is 19.6. The molecule has 0 unspecified atom stereocenters. The molecule has 7 heteroatoms. The summed E-state index contributed by atoms with van der Waals surface area (Å²) in [7, 11) is 0. The number of carbonyl (C=O) groups excluding carboxylic acids is 2. The summed E-state index contributed by atoms with van der Waals surface area (Å²) in [5.74, 6) is -0.260. The van der Waals surface area contributed by atoms with Crippen molar-refractivity contribution in [1.29, 1.82) is 0 Å². The van der Waals surface area contributed by atoms with Gasteiger partial charge in [-0.05, 0) is 69.4 Å². The molecule has 35 heavy (non-hydrogen) atoms. The number of hydrogen-bond donors (Lipinski definition) is 1. The summed E-state index contributed by atoms with van der Waals surface area (Å²) in [4.78, 5) is 39.4. The largest absolute Gasteiger partial charge is 0.462 e. The third-order valence-corrected chi connectivity index (χ3v) is 7.40. The van der Waals surface area contributed by atoms with Crippen molar-refractivity contribution in [1.82, 2.24) is 0 Å². The molecule has 178 valence electrons. The van der Waals surface area contributed by atoms with E-state index in [-0.39, 0.29) is 23.9 Å². The van der Waals surface area contributed by atoms with Crippen LogP contribution in [0.2, 0.25) is 0 Å². The summed E-state index contributed by atoms with van der Waals surface area (Å²) in [5, 5.41) is 4.01. The first-order valence-electron chi connectivity index (χ1n) is 11.7. The second-order valence-electron chi connectivity index (χ2n) is 8.64. The summed E-state index contributed by atoms with van der Waals surface area (Å²) in [6.45, 7) is 3.98. The molecule has 0 atom stereocenters. The number of amides is 1. The van der Waals surface area contributed by atoms with Crippen LogP contribution in [0.15, 0.2) is 57.7 Å². The Kier molecular flexibility index (Phi) is 6.26. The number of ether oxygens (including phenoxy) is 1. The molecule has 1 N–H and O–H groups in total. The molecule has 2 aromatic heterocycles. The Labute approximate surface area is 206 Å². The monoisotopic (exact) mass is 487 g/mol. The minimum atomic E-state index is -0.390. The van der Waals surface area contributed by atoms with Crippen molar-refractivity contribution < 1.29 is 18.7 Å². The molecule has 6 nitrogen and oxygen atoms in total. The number of anilines is 1. The van der Waals surface area contributed by atoms with Crippen molar-refractivity contribution in [2.75, 3.05) is 11.9 Å². The zero-order valence-corrected chi connectivity index (χ0v) is 20.4. The minimum absolute atomic E-state index is 0.111. The van der Waals surface area contributed by atoms with Crippen LogP contribution in [-0.2, 0) is 17.6 Å². The maximum absolute atomic E-state index is 13.0. The summed E-state index contributed by atoms with van der Waals surface area (Å²) in [5.41, 5.74) is 4.03. The van der Waals surface area contributed by atoms with E-state index in [1.807, 2.05) is 19.1 Å². The van der Waals surface area contributed by atoms with Crippen LogP contribution in [0.25, 0.3) is 22.3 Å². The fraction of sp³-hybridized carbons (Fsp3) is 0.250. The van der Waals surface area contributed by atoms with Gasteiger partial charge in [-0.1, -0.05) is 23.8 Å². The van der Waals surface area contributed by atoms with E-state index >= 15 is 0 Å². The van der Waals surface area contributed by atoms with Gasteiger partial charge in [0.05, 0.1) is 17.6 Å². The summed E-state index contributed by atoms with van der Waals surface area (Å²) in [6, 6.07) is 13.8. The fourth-order valence-corrected chi connectivity index (χ4v) is 5.72. The Bertz CT molecular complexity index is 1500. The van der Waals surface area contributed by atoms with Gasteiger partial charge in [-0.3, -0.25) is 9.59 Å². The maximum Gasteiger partial charge on any atom is 0.341 e. The van der Waals surface area contributed by atoms with Gasteiger partial charge in [-0.2, -0.15) is 0 Å². The normalized spacial score (nSPS) is 12.9. The van der Waals surface area contributed by atoms with Crippen molar-refractivity contribution in [2.24, 2.45) is 0 Å². The van der Waals surface area contributed by atoms with Crippen LogP contribution in [0.4, 0.5) is 5.00 Å². The Morgan fingerprint density at radius 3 is 2.60 bits per heavy atom. The van der Waals surface area contributed by atoms with E-state index in [2.05, 4.69) is 5.32 Å². The van der Waals surface area contributed by atoms with Gasteiger partial charge >= 0.3 is 5.97 Å². The lowest BCUT2D eigenvalue weighted by Gasteiger charge is -2.12. The number of fused-ring (bicyclic) bond motifs is 2. The molecule has 0 saturated heterocycles. The van der Waals surface area contributed by atoms with E-state index in [0.29, 0.717) is 38.4 Å². The molecule has 1 aliphatic carbocycles. The lowest BCUT2D eigenvalue weighted by Crippen LogP contribution is -2.15. The molecular formula is C28H25NO5S. The SMILES string of the molecule is CCOC(=O)c1c(NC(=O)c2ccc(-c3cc(=O)c4cc(C)ccc4o3)cc2)sc2c1CCCC2. The Hall–Kier alpha value is -3.71. The number of thiophene rings is 1. The van der Waals surface area contributed by atoms with Gasteiger partial charge in [-0.25, -0.2) is 4.79 Å². The average Bonchev–Trinajstić information content (AvgIpc) is 3.22. The maximum atomic E-state index is 13.0. The lowest BCUT2D eigenvalue weighted by atomic mass is 9.95. The standard InChI is InChI=1S/C28H25NO5S/c1-3-33-28(32)25-19-6-4-5-7-24(19)35-27(25)29-26(31)18-11-9-17(10-12-18)23-15-21(30)20-14-16(2)8-13-22(20)34-23/h8-15H,3-7H2,1-2H3,(H,29,31). The second-order valence-corrected chi connectivity index (χ2v) is 9.75. The number of hydrogen-bond acceptors (Lipinski definition) is 6. The van der Waals surface area contributed by atoms with Crippen LogP contribution in [0.5, 0.6) is 0 Å². The highest BCUT2D eigenvalue weighted by Crippen LogP contribution is 2.39. The third-order valence-electron chi connectivity index (χ3n) is 6.19. The van der Waals surface area contributed by atoms with Crippen LogP contribution < -0.4 is 10.7 Å². The lowest BCUT2D eigenvalue weighted by molar-refractivity contribution is 0.0526. The number of rotatable bonds is 5. The number of nitrogens with one attached hydrogen (secondary N) is 1. The van der Waals surface area contributed by atoms with E-state index in [0.717, 1.165) is 41.7 Å². The van der Waals surface area contributed by atoms with Crippen molar-refractivity contribution in [3.8, 4) is 11.3 Å². The first kappa shape index (κ1) is 23.1. The number of benzene rings is 2. The Morgan fingerprint density at radius 1 is 1.06 bits per heavy atom. The zero-order chi connectivity index (χ0) is 24.5. The van der Waals surface area contributed by atoms with Crippen LogP contribution in [-0.4, -0.2) is 18.5 Å². The van der Waals surface area contributed by atoms with Gasteiger partial charge in [0.2, 0.25) is 0 Å². The molecule has 0 fully saturated rings. The number of carbonyl (C=O) groups is 2. The molecule has 0 spiro atoms. The van der Waals surface area contributed by atoms with E-state index < -0.39 is 0 Å². The van der Waals surface area contributed by atoms with Gasteiger partial charge in [0, 0.05) is 22.1 Å². The minimum Gasteiger partial charge on any atom is -0.462 e. The van der Waals surface area contributed by atoms with Gasteiger partial charge in [0.1, 0.15) is 16.3 Å². The fourth-order valence-electron chi connectivity index (χ4n) is 4.45. The smallest absolute Gasteiger partial charge is 0.341 e. The van der Waals surface area contributed by atoms with Crippen LogP contribution >= 0.6 is 11.3 Å². The first-order valence-corrected chi connectivity index (χ1v) is 12.5. The Morgan fingerprint density at radius 2 is 1.83 bits per heavy atom. The predicted molar refractivity (Wildman–Crippen MR) is 138 cm³/mol. The van der Waals surface area contributed by atoms with Crippen molar-refractivity contribution >= 4 is 39.2 Å². The molecule has 5 rings (SSSR count). The first-order chi connectivity index (χ1) is 16.9. The van der Waals surface area contributed by atoms with Crippen LogP contribution in [0.3, 0.4) is 0 Å². The van der Waals surface area contributed by atoms with E-state index in [1.165, 1.54) is 17.4 Å². The number of esters is 1. The molecule has 0 bridgehead atoms. The van der Waals surface area contributed by atoms with Gasteiger partial charge in [0.15, 0.2) is 5.43 Å². The van der Waals surface area contributed by atoms with Gasteiger partial charge in [-0.15, -0.1) is 11.3 Å². The average molecular weight is 488 g/mol. The van der Waals surface area contributed by atoms with Crippen LogP contribution in [0.1, 0.15) is 56.5 Å². The molecule has 0 aliphatic heterocycles.